The van der Waals surface area contributed by atoms with Gasteiger partial charge in [-0.1, -0.05) is 12.1 Å². The molecule has 0 N–H and O–H groups in total. The molecule has 1 aromatic carbocycles. The van der Waals surface area contributed by atoms with Gasteiger partial charge in [-0.15, -0.1) is 0 Å². The molecule has 0 saturated carbocycles. The summed E-state index contributed by atoms with van der Waals surface area (Å²) in [5, 5.41) is 0. The predicted octanol–water partition coefficient (Wildman–Crippen LogP) is 2.39. The SMILES string of the molecule is Cc1ccc2c(c1-c1cccc[n+]1C)C2. The molecule has 74 valence electrons. The molecule has 0 unspecified atom stereocenters. The van der Waals surface area contributed by atoms with Crippen molar-refractivity contribution < 1.29 is 4.57 Å². The zero-order valence-corrected chi connectivity index (χ0v) is 9.12. The van der Waals surface area contributed by atoms with Gasteiger partial charge in [-0.25, -0.2) is 4.57 Å². The minimum Gasteiger partial charge on any atom is -0.201 e. The average Bonchev–Trinajstić information content (AvgIpc) is 2.99. The molecule has 1 aliphatic carbocycles. The maximum Gasteiger partial charge on any atom is 0.212 e. The van der Waals surface area contributed by atoms with E-state index in [1.54, 1.807) is 0 Å². The van der Waals surface area contributed by atoms with Crippen LogP contribution in [0, 0.1) is 6.92 Å². The Bertz CT molecular complexity index is 537. The van der Waals surface area contributed by atoms with Crippen LogP contribution in [-0.2, 0) is 13.5 Å². The fraction of sp³-hybridized carbons (Fsp3) is 0.214. The molecule has 15 heavy (non-hydrogen) atoms. The van der Waals surface area contributed by atoms with Crippen LogP contribution in [0.15, 0.2) is 36.5 Å². The minimum absolute atomic E-state index is 1.18. The standard InChI is InChI=1S/C14H14N/c1-10-6-7-11-9-12(11)14(10)13-5-3-4-8-15(13)2/h3-8H,9H2,1-2H3/q+1. The van der Waals surface area contributed by atoms with Crippen LogP contribution in [0.25, 0.3) is 11.3 Å². The third kappa shape index (κ3) is 1.27. The van der Waals surface area contributed by atoms with Crippen molar-refractivity contribution in [1.82, 2.24) is 0 Å². The van der Waals surface area contributed by atoms with Crippen molar-refractivity contribution in [2.24, 2.45) is 7.05 Å². The van der Waals surface area contributed by atoms with E-state index in [-0.39, 0.29) is 0 Å². The van der Waals surface area contributed by atoms with Crippen molar-refractivity contribution in [3.05, 3.63) is 53.2 Å². The molecule has 2 aromatic rings. The zero-order chi connectivity index (χ0) is 10.4. The monoisotopic (exact) mass is 196 g/mol. The number of fused-ring (bicyclic) bond motifs is 1. The predicted molar refractivity (Wildman–Crippen MR) is 60.6 cm³/mol. The van der Waals surface area contributed by atoms with Crippen LogP contribution in [0.1, 0.15) is 16.7 Å². The quantitative estimate of drug-likeness (QED) is 0.526. The van der Waals surface area contributed by atoms with E-state index in [0.29, 0.717) is 0 Å². The Labute approximate surface area is 90.0 Å². The van der Waals surface area contributed by atoms with Gasteiger partial charge in [-0.3, -0.25) is 0 Å². The molecule has 0 bridgehead atoms. The largest absolute Gasteiger partial charge is 0.212 e. The Morgan fingerprint density at radius 3 is 2.80 bits per heavy atom. The van der Waals surface area contributed by atoms with E-state index in [1.807, 2.05) is 0 Å². The van der Waals surface area contributed by atoms with Crippen molar-refractivity contribution in [3.8, 4) is 11.3 Å². The molecule has 1 nitrogen and oxygen atoms in total. The molecule has 1 heteroatoms. The number of nitrogens with zero attached hydrogens (tertiary/aromatic N) is 1. The normalized spacial score (nSPS) is 12.4. The molecule has 0 fully saturated rings. The maximum absolute atomic E-state index is 2.25. The van der Waals surface area contributed by atoms with E-state index in [4.69, 9.17) is 0 Å². The van der Waals surface area contributed by atoms with Crippen LogP contribution < -0.4 is 4.57 Å². The fourth-order valence-electron chi connectivity index (χ4n) is 2.24. The van der Waals surface area contributed by atoms with Crippen molar-refractivity contribution in [1.29, 1.82) is 0 Å². The Morgan fingerprint density at radius 1 is 1.13 bits per heavy atom. The van der Waals surface area contributed by atoms with Gasteiger partial charge in [0.1, 0.15) is 7.05 Å². The van der Waals surface area contributed by atoms with Gasteiger partial charge in [0, 0.05) is 12.1 Å². The number of benzene rings is 1. The first kappa shape index (κ1) is 8.66. The average molecular weight is 196 g/mol. The van der Waals surface area contributed by atoms with Gasteiger partial charge in [-0.2, -0.15) is 0 Å². The van der Waals surface area contributed by atoms with E-state index in [9.17, 15) is 0 Å². The zero-order valence-electron chi connectivity index (χ0n) is 9.12. The van der Waals surface area contributed by atoms with Gasteiger partial charge in [0.05, 0.1) is 5.56 Å². The minimum atomic E-state index is 1.18. The van der Waals surface area contributed by atoms with Gasteiger partial charge < -0.3 is 0 Å². The van der Waals surface area contributed by atoms with Crippen LogP contribution >= 0.6 is 0 Å². The highest BCUT2D eigenvalue weighted by Gasteiger charge is 2.26. The summed E-state index contributed by atoms with van der Waals surface area (Å²) in [6, 6.07) is 10.9. The van der Waals surface area contributed by atoms with E-state index in [2.05, 4.69) is 55.1 Å². The maximum atomic E-state index is 2.25. The van der Waals surface area contributed by atoms with Crippen LogP contribution in [0.3, 0.4) is 0 Å². The number of aromatic nitrogens is 1. The van der Waals surface area contributed by atoms with Gasteiger partial charge >= 0.3 is 0 Å². The van der Waals surface area contributed by atoms with E-state index < -0.39 is 0 Å². The second-order valence-corrected chi connectivity index (χ2v) is 4.27. The van der Waals surface area contributed by atoms with Gasteiger partial charge in [0.2, 0.25) is 5.69 Å². The number of aryl methyl sites for hydroxylation is 2. The smallest absolute Gasteiger partial charge is 0.201 e. The summed E-state index contributed by atoms with van der Waals surface area (Å²) in [6.45, 7) is 2.20. The molecule has 1 heterocycles. The van der Waals surface area contributed by atoms with Crippen LogP contribution in [0.2, 0.25) is 0 Å². The van der Waals surface area contributed by atoms with Crippen molar-refractivity contribution in [2.45, 2.75) is 13.3 Å². The second-order valence-electron chi connectivity index (χ2n) is 4.27. The molecular weight excluding hydrogens is 182 g/mol. The lowest BCUT2D eigenvalue weighted by Gasteiger charge is -2.02. The van der Waals surface area contributed by atoms with Gasteiger partial charge in [0.15, 0.2) is 6.20 Å². The highest BCUT2D eigenvalue weighted by atomic mass is 14.9. The van der Waals surface area contributed by atoms with E-state index in [0.717, 1.165) is 0 Å². The summed E-state index contributed by atoms with van der Waals surface area (Å²) >= 11 is 0. The first-order valence-corrected chi connectivity index (χ1v) is 5.34. The summed E-state index contributed by atoms with van der Waals surface area (Å²) in [6.07, 6.45) is 3.29. The van der Waals surface area contributed by atoms with Crippen molar-refractivity contribution in [3.63, 3.8) is 0 Å². The van der Waals surface area contributed by atoms with Crippen LogP contribution in [-0.4, -0.2) is 0 Å². The summed E-state index contributed by atoms with van der Waals surface area (Å²) in [5.74, 6) is 0. The highest BCUT2D eigenvalue weighted by Crippen LogP contribution is 2.38. The van der Waals surface area contributed by atoms with Crippen LogP contribution in [0.5, 0.6) is 0 Å². The number of hydrogen-bond acceptors (Lipinski definition) is 0. The Balaban J connectivity index is 2.27. The van der Waals surface area contributed by atoms with E-state index >= 15 is 0 Å². The molecule has 0 radical (unpaired) electrons. The highest BCUT2D eigenvalue weighted by molar-refractivity contribution is 5.73. The first-order valence-electron chi connectivity index (χ1n) is 5.34. The summed E-state index contributed by atoms with van der Waals surface area (Å²) in [7, 11) is 2.11. The van der Waals surface area contributed by atoms with Gasteiger partial charge in [0.25, 0.3) is 0 Å². The molecular formula is C14H14N+. The molecule has 0 spiro atoms. The number of pyridine rings is 1. The van der Waals surface area contributed by atoms with E-state index in [1.165, 1.54) is 34.4 Å². The lowest BCUT2D eigenvalue weighted by Crippen LogP contribution is -2.30. The van der Waals surface area contributed by atoms with Crippen molar-refractivity contribution in [2.75, 3.05) is 0 Å². The first-order chi connectivity index (χ1) is 7.27. The molecule has 3 rings (SSSR count). The van der Waals surface area contributed by atoms with Crippen molar-refractivity contribution >= 4 is 0 Å². The lowest BCUT2D eigenvalue weighted by atomic mass is 10.0. The summed E-state index contributed by atoms with van der Waals surface area (Å²) < 4.78 is 2.20. The van der Waals surface area contributed by atoms with Crippen LogP contribution in [0.4, 0.5) is 0 Å². The molecule has 0 amide bonds. The third-order valence-electron chi connectivity index (χ3n) is 3.17. The molecule has 0 saturated heterocycles. The molecule has 1 aliphatic rings. The Kier molecular flexibility index (Phi) is 1.69. The summed E-state index contributed by atoms with van der Waals surface area (Å²) in [4.78, 5) is 0. The Hall–Kier alpha value is -1.63. The second kappa shape index (κ2) is 2.93. The molecule has 1 aromatic heterocycles. The third-order valence-corrected chi connectivity index (χ3v) is 3.17. The molecule has 0 aliphatic heterocycles. The lowest BCUT2D eigenvalue weighted by molar-refractivity contribution is -0.660. The molecule has 0 atom stereocenters. The summed E-state index contributed by atoms with van der Waals surface area (Å²) in [5.41, 5.74) is 7.20. The Morgan fingerprint density at radius 2 is 2.00 bits per heavy atom. The number of rotatable bonds is 1. The fourth-order valence-corrected chi connectivity index (χ4v) is 2.24. The topological polar surface area (TPSA) is 3.88 Å². The number of hydrogen-bond donors (Lipinski definition) is 0. The van der Waals surface area contributed by atoms with Gasteiger partial charge in [-0.05, 0) is 36.1 Å².